The molecule has 78 valence electrons. The third-order valence-electron chi connectivity index (χ3n) is 1.62. The normalized spacial score (nSPS) is 10.5. The fourth-order valence-electron chi connectivity index (χ4n) is 0.970. The third kappa shape index (κ3) is 3.25. The summed E-state index contributed by atoms with van der Waals surface area (Å²) < 4.78 is 17.5. The number of thioether (sulfide) groups is 1. The molecule has 0 bridgehead atoms. The average molecular weight is 305 g/mol. The minimum atomic E-state index is -0.214. The van der Waals surface area contributed by atoms with Gasteiger partial charge in [0, 0.05) is 4.90 Å². The van der Waals surface area contributed by atoms with E-state index in [1.165, 1.54) is 23.7 Å². The molecule has 1 heterocycles. The van der Waals surface area contributed by atoms with Gasteiger partial charge < -0.3 is 0 Å². The first-order chi connectivity index (χ1) is 7.24. The van der Waals surface area contributed by atoms with Crippen molar-refractivity contribution in [3.8, 4) is 0 Å². The van der Waals surface area contributed by atoms with Gasteiger partial charge in [-0.25, -0.2) is 9.37 Å². The number of hydrogen-bond acceptors (Lipinski definition) is 4. The largest absolute Gasteiger partial charge is 0.212 e. The van der Waals surface area contributed by atoms with Crippen molar-refractivity contribution in [1.29, 1.82) is 0 Å². The quantitative estimate of drug-likeness (QED) is 0.808. The van der Waals surface area contributed by atoms with Gasteiger partial charge in [-0.3, -0.25) is 0 Å². The first kappa shape index (κ1) is 11.0. The molecule has 0 aliphatic heterocycles. The minimum Gasteiger partial charge on any atom is -0.212 e. The number of nitrogens with zero attached hydrogens (tertiary/aromatic N) is 2. The molecule has 0 amide bonds. The van der Waals surface area contributed by atoms with E-state index in [1.54, 1.807) is 23.9 Å². The second-order valence-electron chi connectivity index (χ2n) is 2.71. The van der Waals surface area contributed by atoms with Crippen molar-refractivity contribution in [1.82, 2.24) is 9.36 Å². The van der Waals surface area contributed by atoms with Crippen LogP contribution in [-0.2, 0) is 5.75 Å². The van der Waals surface area contributed by atoms with Gasteiger partial charge in [0.2, 0.25) is 0 Å². The third-order valence-corrected chi connectivity index (χ3v) is 3.79. The van der Waals surface area contributed by atoms with E-state index in [4.69, 9.17) is 0 Å². The Bertz CT molecular complexity index is 444. The molecule has 2 rings (SSSR count). The number of benzene rings is 1. The molecule has 0 unspecified atom stereocenters. The fraction of sp³-hybridized carbons (Fsp3) is 0.111. The summed E-state index contributed by atoms with van der Waals surface area (Å²) >= 11 is 6.17. The van der Waals surface area contributed by atoms with Gasteiger partial charge in [-0.2, -0.15) is 4.37 Å². The Morgan fingerprint density at radius 1 is 1.33 bits per heavy atom. The molecule has 2 nitrogen and oxygen atoms in total. The highest BCUT2D eigenvalue weighted by Crippen LogP contribution is 2.23. The smallest absolute Gasteiger partial charge is 0.179 e. The van der Waals surface area contributed by atoms with Gasteiger partial charge in [-0.05, 0) is 51.7 Å². The summed E-state index contributed by atoms with van der Waals surface area (Å²) in [6, 6.07) is 6.41. The topological polar surface area (TPSA) is 25.8 Å². The Kier molecular flexibility index (Phi) is 3.71. The van der Waals surface area contributed by atoms with E-state index < -0.39 is 0 Å². The average Bonchev–Trinajstić information content (AvgIpc) is 2.64. The zero-order chi connectivity index (χ0) is 10.7. The maximum absolute atomic E-state index is 12.6. The summed E-state index contributed by atoms with van der Waals surface area (Å²) in [4.78, 5) is 5.19. The number of aromatic nitrogens is 2. The fourth-order valence-corrected chi connectivity index (χ4v) is 2.66. The molecule has 6 heteroatoms. The summed E-state index contributed by atoms with van der Waals surface area (Å²) in [5.41, 5.74) is 0. The van der Waals surface area contributed by atoms with Crippen LogP contribution in [0.25, 0.3) is 0 Å². The molecule has 0 saturated heterocycles. The molecule has 1 aromatic heterocycles. The summed E-state index contributed by atoms with van der Waals surface area (Å²) in [5, 5.41) is 0. The molecule has 0 saturated carbocycles. The van der Waals surface area contributed by atoms with Crippen LogP contribution in [-0.4, -0.2) is 9.36 Å². The predicted octanol–water partition coefficient (Wildman–Crippen LogP) is 3.73. The maximum atomic E-state index is 12.6. The Hall–Kier alpha value is -0.460. The Morgan fingerprint density at radius 2 is 2.07 bits per heavy atom. The van der Waals surface area contributed by atoms with Gasteiger partial charge in [0.15, 0.2) is 9.74 Å². The monoisotopic (exact) mass is 304 g/mol. The number of hydrogen-bond donors (Lipinski definition) is 0. The van der Waals surface area contributed by atoms with Crippen molar-refractivity contribution in [2.45, 2.75) is 10.6 Å². The van der Waals surface area contributed by atoms with Crippen molar-refractivity contribution in [2.75, 3.05) is 0 Å². The molecule has 0 aliphatic carbocycles. The summed E-state index contributed by atoms with van der Waals surface area (Å²) in [6.07, 6.45) is 0. The molecule has 2 aromatic rings. The van der Waals surface area contributed by atoms with E-state index in [1.807, 2.05) is 0 Å². The molecule has 15 heavy (non-hydrogen) atoms. The van der Waals surface area contributed by atoms with Crippen LogP contribution in [0.1, 0.15) is 5.82 Å². The van der Waals surface area contributed by atoms with E-state index in [0.29, 0.717) is 5.75 Å². The first-order valence-corrected chi connectivity index (χ1v) is 6.66. The zero-order valence-electron chi connectivity index (χ0n) is 7.48. The van der Waals surface area contributed by atoms with E-state index in [9.17, 15) is 4.39 Å². The van der Waals surface area contributed by atoms with E-state index in [2.05, 4.69) is 25.3 Å². The van der Waals surface area contributed by atoms with Crippen LogP contribution in [0.5, 0.6) is 0 Å². The van der Waals surface area contributed by atoms with Crippen molar-refractivity contribution >= 4 is 39.2 Å². The minimum absolute atomic E-state index is 0.214. The first-order valence-electron chi connectivity index (χ1n) is 4.10. The lowest BCUT2D eigenvalue weighted by Gasteiger charge is -1.97. The van der Waals surface area contributed by atoms with Gasteiger partial charge in [-0.1, -0.05) is 0 Å². The standard InChI is InChI=1S/C9H6BrFN2S2/c10-9-12-8(13-15-9)5-14-7-3-1-6(11)2-4-7/h1-4H,5H2. The summed E-state index contributed by atoms with van der Waals surface area (Å²) in [6.45, 7) is 0. The van der Waals surface area contributed by atoms with Crippen LogP contribution < -0.4 is 0 Å². The highest BCUT2D eigenvalue weighted by Gasteiger charge is 2.02. The molecular formula is C9H6BrFN2S2. The molecule has 0 spiro atoms. The van der Waals surface area contributed by atoms with E-state index >= 15 is 0 Å². The van der Waals surface area contributed by atoms with Crippen LogP contribution in [0, 0.1) is 5.82 Å². The molecule has 0 radical (unpaired) electrons. The lowest BCUT2D eigenvalue weighted by Crippen LogP contribution is -1.83. The van der Waals surface area contributed by atoms with Crippen LogP contribution in [0.15, 0.2) is 33.1 Å². The zero-order valence-corrected chi connectivity index (χ0v) is 10.7. The second kappa shape index (κ2) is 5.05. The lowest BCUT2D eigenvalue weighted by atomic mass is 10.4. The number of rotatable bonds is 3. The van der Waals surface area contributed by atoms with Gasteiger partial charge in [0.05, 0.1) is 5.75 Å². The van der Waals surface area contributed by atoms with Gasteiger partial charge in [-0.15, -0.1) is 11.8 Å². The molecule has 0 N–H and O–H groups in total. The SMILES string of the molecule is Fc1ccc(SCc2nsc(Br)n2)cc1. The lowest BCUT2D eigenvalue weighted by molar-refractivity contribution is 0.626. The summed E-state index contributed by atoms with van der Waals surface area (Å²) in [5.74, 6) is 1.28. The van der Waals surface area contributed by atoms with Gasteiger partial charge in [0.1, 0.15) is 5.82 Å². The Morgan fingerprint density at radius 3 is 2.67 bits per heavy atom. The predicted molar refractivity (Wildman–Crippen MR) is 63.6 cm³/mol. The Labute approximate surface area is 103 Å². The van der Waals surface area contributed by atoms with Crippen LogP contribution in [0.3, 0.4) is 0 Å². The highest BCUT2D eigenvalue weighted by molar-refractivity contribution is 9.11. The molecule has 0 fully saturated rings. The van der Waals surface area contributed by atoms with Crippen LogP contribution >= 0.6 is 39.2 Å². The van der Waals surface area contributed by atoms with Crippen LogP contribution in [0.2, 0.25) is 0 Å². The maximum Gasteiger partial charge on any atom is 0.179 e. The van der Waals surface area contributed by atoms with E-state index in [-0.39, 0.29) is 5.82 Å². The number of halogens is 2. The second-order valence-corrected chi connectivity index (χ2v) is 5.78. The molecule has 0 aliphatic rings. The van der Waals surface area contributed by atoms with E-state index in [0.717, 1.165) is 14.6 Å². The molecule has 1 aromatic carbocycles. The van der Waals surface area contributed by atoms with Crippen molar-refractivity contribution in [3.05, 3.63) is 39.8 Å². The van der Waals surface area contributed by atoms with Crippen molar-refractivity contribution < 1.29 is 4.39 Å². The van der Waals surface area contributed by atoms with Gasteiger partial charge >= 0.3 is 0 Å². The van der Waals surface area contributed by atoms with Crippen LogP contribution in [0.4, 0.5) is 4.39 Å². The Balaban J connectivity index is 1.96. The molecule has 0 atom stereocenters. The summed E-state index contributed by atoms with van der Waals surface area (Å²) in [7, 11) is 0. The molecular weight excluding hydrogens is 299 g/mol. The highest BCUT2D eigenvalue weighted by atomic mass is 79.9. The van der Waals surface area contributed by atoms with Crippen molar-refractivity contribution in [2.24, 2.45) is 0 Å². The van der Waals surface area contributed by atoms with Crippen molar-refractivity contribution in [3.63, 3.8) is 0 Å². The van der Waals surface area contributed by atoms with Gasteiger partial charge in [0.25, 0.3) is 0 Å².